The van der Waals surface area contributed by atoms with E-state index in [2.05, 4.69) is 10.6 Å². The summed E-state index contributed by atoms with van der Waals surface area (Å²) in [6.07, 6.45) is 0. The van der Waals surface area contributed by atoms with Crippen molar-refractivity contribution in [2.24, 2.45) is 0 Å². The summed E-state index contributed by atoms with van der Waals surface area (Å²) in [7, 11) is 0. The fourth-order valence-corrected chi connectivity index (χ4v) is 2.72. The van der Waals surface area contributed by atoms with Crippen LogP contribution >= 0.6 is 12.4 Å². The van der Waals surface area contributed by atoms with Crippen LogP contribution in [0.25, 0.3) is 11.0 Å². The van der Waals surface area contributed by atoms with Crippen LogP contribution in [0, 0.1) is 6.92 Å². The van der Waals surface area contributed by atoms with Crippen molar-refractivity contribution in [2.75, 3.05) is 19.8 Å². The smallest absolute Gasteiger partial charge is 0.240 e. The van der Waals surface area contributed by atoms with Gasteiger partial charge in [0.2, 0.25) is 5.91 Å². The standard InChI is InChI=1S/C16H20N2O3.ClH/c1-10-12-5-3-4-6-14(12)21-15(10)11(2)18-16(19)13-9-20-8-7-17-13;/h3-6,11,13,17H,7-9H2,1-2H3,(H,18,19);1H. The van der Waals surface area contributed by atoms with Crippen molar-refractivity contribution in [1.29, 1.82) is 0 Å². The number of carbonyl (C=O) groups excluding carboxylic acids is 1. The quantitative estimate of drug-likeness (QED) is 0.909. The number of morpholine rings is 1. The third-order valence-electron chi connectivity index (χ3n) is 3.87. The number of aryl methyl sites for hydroxylation is 1. The van der Waals surface area contributed by atoms with E-state index in [-0.39, 0.29) is 30.4 Å². The number of halogens is 1. The van der Waals surface area contributed by atoms with Crippen LogP contribution in [0.4, 0.5) is 0 Å². The maximum absolute atomic E-state index is 12.2. The van der Waals surface area contributed by atoms with Crippen LogP contribution in [-0.4, -0.2) is 31.7 Å². The highest BCUT2D eigenvalue weighted by atomic mass is 35.5. The SMILES string of the molecule is Cc1c(C(C)NC(=O)C2COCCN2)oc2ccccc12.Cl. The van der Waals surface area contributed by atoms with Gasteiger partial charge in [0.05, 0.1) is 19.3 Å². The zero-order valence-electron chi connectivity index (χ0n) is 12.7. The van der Waals surface area contributed by atoms with Crippen molar-refractivity contribution in [2.45, 2.75) is 25.9 Å². The number of rotatable bonds is 3. The molecule has 1 aliphatic rings. The van der Waals surface area contributed by atoms with Gasteiger partial charge in [-0.2, -0.15) is 0 Å². The van der Waals surface area contributed by atoms with Crippen molar-refractivity contribution in [1.82, 2.24) is 10.6 Å². The highest BCUT2D eigenvalue weighted by Gasteiger charge is 2.24. The van der Waals surface area contributed by atoms with Gasteiger partial charge in [-0.05, 0) is 19.9 Å². The Labute approximate surface area is 135 Å². The average Bonchev–Trinajstić information content (AvgIpc) is 2.86. The molecule has 0 radical (unpaired) electrons. The second kappa shape index (κ2) is 7.13. The minimum atomic E-state index is -0.286. The van der Waals surface area contributed by atoms with Crippen LogP contribution in [-0.2, 0) is 9.53 Å². The molecular weight excluding hydrogens is 304 g/mol. The van der Waals surface area contributed by atoms with Gasteiger partial charge in [0.1, 0.15) is 17.4 Å². The van der Waals surface area contributed by atoms with Gasteiger partial charge in [0, 0.05) is 17.5 Å². The van der Waals surface area contributed by atoms with Gasteiger partial charge in [-0.15, -0.1) is 12.4 Å². The molecule has 1 fully saturated rings. The van der Waals surface area contributed by atoms with E-state index >= 15 is 0 Å². The Balaban J connectivity index is 0.00000176. The molecule has 2 heterocycles. The lowest BCUT2D eigenvalue weighted by Gasteiger charge is -2.24. The van der Waals surface area contributed by atoms with E-state index in [1.807, 2.05) is 38.1 Å². The number of hydrogen-bond acceptors (Lipinski definition) is 4. The molecule has 1 aromatic heterocycles. The summed E-state index contributed by atoms with van der Waals surface area (Å²) in [6, 6.07) is 7.45. The van der Waals surface area contributed by atoms with E-state index < -0.39 is 0 Å². The lowest BCUT2D eigenvalue weighted by atomic mass is 10.1. The summed E-state index contributed by atoms with van der Waals surface area (Å²) >= 11 is 0. The molecule has 1 aromatic carbocycles. The number of nitrogens with one attached hydrogen (secondary N) is 2. The molecule has 1 aliphatic heterocycles. The predicted octanol–water partition coefficient (Wildman–Crippen LogP) is 2.33. The zero-order chi connectivity index (χ0) is 14.8. The molecule has 0 bridgehead atoms. The summed E-state index contributed by atoms with van der Waals surface area (Å²) in [5, 5.41) is 7.23. The van der Waals surface area contributed by atoms with Crippen LogP contribution in [0.5, 0.6) is 0 Å². The van der Waals surface area contributed by atoms with E-state index in [1.54, 1.807) is 0 Å². The Morgan fingerprint density at radius 2 is 2.18 bits per heavy atom. The number of para-hydroxylation sites is 1. The monoisotopic (exact) mass is 324 g/mol. The first-order valence-corrected chi connectivity index (χ1v) is 7.26. The van der Waals surface area contributed by atoms with Crippen molar-refractivity contribution in [3.05, 3.63) is 35.6 Å². The van der Waals surface area contributed by atoms with Crippen LogP contribution in [0.1, 0.15) is 24.3 Å². The molecule has 1 amide bonds. The molecule has 2 aromatic rings. The summed E-state index contributed by atoms with van der Waals surface area (Å²) < 4.78 is 11.2. The van der Waals surface area contributed by atoms with Gasteiger partial charge in [0.15, 0.2) is 0 Å². The molecule has 0 spiro atoms. The number of ether oxygens (including phenoxy) is 1. The fourth-order valence-electron chi connectivity index (χ4n) is 2.72. The number of fused-ring (bicyclic) bond motifs is 1. The Bertz CT molecular complexity index is 650. The van der Waals surface area contributed by atoms with Gasteiger partial charge in [0.25, 0.3) is 0 Å². The first-order chi connectivity index (χ1) is 10.2. The van der Waals surface area contributed by atoms with E-state index in [1.165, 1.54) is 0 Å². The molecular formula is C16H21ClN2O3. The summed E-state index contributed by atoms with van der Waals surface area (Å²) in [5.74, 6) is 0.753. The first kappa shape index (κ1) is 16.8. The molecule has 5 nitrogen and oxygen atoms in total. The molecule has 2 N–H and O–H groups in total. The Hall–Kier alpha value is -1.56. The van der Waals surface area contributed by atoms with E-state index in [0.29, 0.717) is 19.8 Å². The Morgan fingerprint density at radius 1 is 1.41 bits per heavy atom. The van der Waals surface area contributed by atoms with Crippen molar-refractivity contribution in [3.8, 4) is 0 Å². The molecule has 0 aliphatic carbocycles. The molecule has 3 rings (SSSR count). The fraction of sp³-hybridized carbons (Fsp3) is 0.438. The van der Waals surface area contributed by atoms with Crippen molar-refractivity contribution >= 4 is 29.3 Å². The van der Waals surface area contributed by atoms with E-state index in [9.17, 15) is 4.79 Å². The van der Waals surface area contributed by atoms with Crippen LogP contribution < -0.4 is 10.6 Å². The molecule has 6 heteroatoms. The summed E-state index contributed by atoms with van der Waals surface area (Å²) in [5.41, 5.74) is 1.93. The number of amides is 1. The van der Waals surface area contributed by atoms with Gasteiger partial charge in [-0.1, -0.05) is 18.2 Å². The van der Waals surface area contributed by atoms with Crippen LogP contribution in [0.3, 0.4) is 0 Å². The topological polar surface area (TPSA) is 63.5 Å². The minimum absolute atomic E-state index is 0. The van der Waals surface area contributed by atoms with E-state index in [0.717, 1.165) is 22.3 Å². The highest BCUT2D eigenvalue weighted by molar-refractivity contribution is 5.85. The largest absolute Gasteiger partial charge is 0.459 e. The number of benzene rings is 1. The molecule has 22 heavy (non-hydrogen) atoms. The first-order valence-electron chi connectivity index (χ1n) is 7.26. The normalized spacial score (nSPS) is 19.5. The second-order valence-corrected chi connectivity index (χ2v) is 5.40. The lowest BCUT2D eigenvalue weighted by molar-refractivity contribution is -0.126. The lowest BCUT2D eigenvalue weighted by Crippen LogP contribution is -2.51. The van der Waals surface area contributed by atoms with Gasteiger partial charge in [-0.25, -0.2) is 0 Å². The second-order valence-electron chi connectivity index (χ2n) is 5.40. The maximum Gasteiger partial charge on any atom is 0.240 e. The summed E-state index contributed by atoms with van der Waals surface area (Å²) in [4.78, 5) is 12.2. The summed E-state index contributed by atoms with van der Waals surface area (Å²) in [6.45, 7) is 5.73. The third-order valence-corrected chi connectivity index (χ3v) is 3.87. The molecule has 1 saturated heterocycles. The number of furan rings is 1. The average molecular weight is 325 g/mol. The Morgan fingerprint density at radius 3 is 2.86 bits per heavy atom. The molecule has 0 saturated carbocycles. The molecule has 120 valence electrons. The zero-order valence-corrected chi connectivity index (χ0v) is 13.5. The highest BCUT2D eigenvalue weighted by Crippen LogP contribution is 2.29. The minimum Gasteiger partial charge on any atom is -0.459 e. The van der Waals surface area contributed by atoms with E-state index in [4.69, 9.17) is 9.15 Å². The van der Waals surface area contributed by atoms with Crippen molar-refractivity contribution in [3.63, 3.8) is 0 Å². The van der Waals surface area contributed by atoms with Crippen molar-refractivity contribution < 1.29 is 13.9 Å². The molecule has 2 unspecified atom stereocenters. The third kappa shape index (κ3) is 3.27. The number of carbonyl (C=O) groups is 1. The maximum atomic E-state index is 12.2. The predicted molar refractivity (Wildman–Crippen MR) is 87.4 cm³/mol. The van der Waals surface area contributed by atoms with Crippen LogP contribution in [0.2, 0.25) is 0 Å². The van der Waals surface area contributed by atoms with Crippen LogP contribution in [0.15, 0.2) is 28.7 Å². The van der Waals surface area contributed by atoms with Gasteiger partial charge >= 0.3 is 0 Å². The number of hydrogen-bond donors (Lipinski definition) is 2. The molecule has 2 atom stereocenters. The Kier molecular flexibility index (Phi) is 5.45. The van der Waals surface area contributed by atoms with Gasteiger partial charge in [-0.3, -0.25) is 4.79 Å². The van der Waals surface area contributed by atoms with Gasteiger partial charge < -0.3 is 19.8 Å².